The zero-order valence-corrected chi connectivity index (χ0v) is 29.9. The third-order valence-corrected chi connectivity index (χ3v) is 9.55. The van der Waals surface area contributed by atoms with Crippen LogP contribution in [-0.4, -0.2) is 101 Å². The summed E-state index contributed by atoms with van der Waals surface area (Å²) < 4.78 is 16.9. The molecule has 0 saturated carbocycles. The number of rotatable bonds is 8. The predicted molar refractivity (Wildman–Crippen MR) is 196 cm³/mol. The molecule has 4 aromatic rings. The Morgan fingerprint density at radius 2 is 1.36 bits per heavy atom. The van der Waals surface area contributed by atoms with E-state index in [4.69, 9.17) is 5.10 Å². The largest absolute Gasteiger partial charge is 0.336 e. The second kappa shape index (κ2) is 15.1. The monoisotopic (exact) mass is 680 g/mol. The number of likely N-dealkylation sites (N-methyl/N-ethyl adjacent to an activating group) is 1. The number of benzene rings is 3. The maximum Gasteiger partial charge on any atom is 0.324 e. The predicted octanol–water partition coefficient (Wildman–Crippen LogP) is 5.97. The van der Waals surface area contributed by atoms with E-state index in [2.05, 4.69) is 65.3 Å². The highest BCUT2D eigenvalue weighted by Gasteiger charge is 2.24. The summed E-state index contributed by atoms with van der Waals surface area (Å²) in [6, 6.07) is 22.1. The number of nitrogens with one attached hydrogen (secondary N) is 2. The van der Waals surface area contributed by atoms with Gasteiger partial charge in [0, 0.05) is 82.5 Å². The number of hydrogen-bond acceptors (Lipinski definition) is 6. The Labute approximate surface area is 294 Å². The summed E-state index contributed by atoms with van der Waals surface area (Å²) in [6.07, 6.45) is 0. The molecule has 0 radical (unpaired) electrons. The van der Waals surface area contributed by atoms with Crippen LogP contribution in [0.3, 0.4) is 0 Å². The molecule has 11 heteroatoms. The fourth-order valence-electron chi connectivity index (χ4n) is 6.31. The average Bonchev–Trinajstić information content (AvgIpc) is 3.52. The topological polar surface area (TPSA) is 89.0 Å². The Hall–Kier alpha value is -4.58. The quantitative estimate of drug-likeness (QED) is 0.239. The van der Waals surface area contributed by atoms with Crippen molar-refractivity contribution in [3.8, 4) is 5.69 Å². The minimum absolute atomic E-state index is 0.0482. The number of hydrogen-bond donors (Lipinski definition) is 2. The number of anilines is 2. The average molecular weight is 681 g/mol. The van der Waals surface area contributed by atoms with E-state index in [1.54, 1.807) is 10.7 Å². The van der Waals surface area contributed by atoms with Crippen molar-refractivity contribution in [2.45, 2.75) is 46.2 Å². The molecule has 6 rings (SSSR count). The summed E-state index contributed by atoms with van der Waals surface area (Å²) in [4.78, 5) is 35.2. The second-order valence-corrected chi connectivity index (χ2v) is 14.7. The van der Waals surface area contributed by atoms with Gasteiger partial charge in [0.15, 0.2) is 0 Å². The summed E-state index contributed by atoms with van der Waals surface area (Å²) in [5.74, 6) is 0.0289. The lowest BCUT2D eigenvalue weighted by molar-refractivity contribution is 0.0628. The molecule has 0 atom stereocenters. The molecule has 3 amide bonds. The van der Waals surface area contributed by atoms with Gasteiger partial charge in [0.25, 0.3) is 5.91 Å². The van der Waals surface area contributed by atoms with Gasteiger partial charge in [-0.3, -0.25) is 19.9 Å². The van der Waals surface area contributed by atoms with Crippen molar-refractivity contribution in [1.82, 2.24) is 29.4 Å². The summed E-state index contributed by atoms with van der Waals surface area (Å²) in [6.45, 7) is 16.6. The molecule has 1 aromatic heterocycles. The minimum Gasteiger partial charge on any atom is -0.336 e. The van der Waals surface area contributed by atoms with Gasteiger partial charge >= 0.3 is 6.03 Å². The third-order valence-electron chi connectivity index (χ3n) is 9.55. The molecular formula is C39H49FN8O2. The molecule has 2 saturated heterocycles. The summed E-state index contributed by atoms with van der Waals surface area (Å²) in [7, 11) is 2.16. The van der Waals surface area contributed by atoms with Crippen molar-refractivity contribution in [2.24, 2.45) is 0 Å². The molecule has 2 aliphatic rings. The van der Waals surface area contributed by atoms with Crippen LogP contribution in [0.25, 0.3) is 5.69 Å². The number of carbonyl (C=O) groups is 2. The first-order chi connectivity index (χ1) is 23.9. The Morgan fingerprint density at radius 3 is 1.98 bits per heavy atom. The van der Waals surface area contributed by atoms with Crippen LogP contribution in [0.2, 0.25) is 0 Å². The maximum atomic E-state index is 15.2. The van der Waals surface area contributed by atoms with Gasteiger partial charge in [-0.1, -0.05) is 56.7 Å². The van der Waals surface area contributed by atoms with E-state index in [9.17, 15) is 9.59 Å². The van der Waals surface area contributed by atoms with Crippen molar-refractivity contribution in [3.05, 3.63) is 107 Å². The highest BCUT2D eigenvalue weighted by molar-refractivity contribution is 5.99. The Morgan fingerprint density at radius 1 is 0.760 bits per heavy atom. The van der Waals surface area contributed by atoms with E-state index < -0.39 is 11.8 Å². The lowest BCUT2D eigenvalue weighted by Crippen LogP contribution is -2.48. The molecule has 0 bridgehead atoms. The van der Waals surface area contributed by atoms with Crippen molar-refractivity contribution in [1.29, 1.82) is 0 Å². The number of amides is 3. The van der Waals surface area contributed by atoms with Gasteiger partial charge in [-0.05, 0) is 61.5 Å². The number of halogens is 1. The maximum absolute atomic E-state index is 15.2. The molecular weight excluding hydrogens is 631 g/mol. The van der Waals surface area contributed by atoms with Crippen LogP contribution in [0, 0.1) is 12.7 Å². The van der Waals surface area contributed by atoms with Crippen molar-refractivity contribution < 1.29 is 14.0 Å². The van der Waals surface area contributed by atoms with Gasteiger partial charge < -0.3 is 15.1 Å². The van der Waals surface area contributed by atoms with Gasteiger partial charge in [-0.15, -0.1) is 0 Å². The van der Waals surface area contributed by atoms with Gasteiger partial charge in [-0.25, -0.2) is 13.9 Å². The molecule has 0 spiro atoms. The van der Waals surface area contributed by atoms with E-state index >= 15 is 4.39 Å². The molecule has 2 aliphatic heterocycles. The van der Waals surface area contributed by atoms with Gasteiger partial charge in [0.2, 0.25) is 0 Å². The van der Waals surface area contributed by atoms with Crippen molar-refractivity contribution >= 4 is 23.4 Å². The Kier molecular flexibility index (Phi) is 10.7. The van der Waals surface area contributed by atoms with Crippen LogP contribution in [0.1, 0.15) is 53.5 Å². The molecule has 264 valence electrons. The first kappa shape index (κ1) is 35.3. The van der Waals surface area contributed by atoms with Gasteiger partial charge in [0.05, 0.1) is 17.1 Å². The first-order valence-corrected chi connectivity index (χ1v) is 17.5. The number of aromatic nitrogens is 2. The summed E-state index contributed by atoms with van der Waals surface area (Å²) in [5.41, 5.74) is 5.35. The Bertz CT molecular complexity index is 1780. The number of nitrogens with zero attached hydrogens (tertiary/aromatic N) is 6. The van der Waals surface area contributed by atoms with Crippen LogP contribution in [0.5, 0.6) is 0 Å². The van der Waals surface area contributed by atoms with Crippen LogP contribution >= 0.6 is 0 Å². The first-order valence-electron chi connectivity index (χ1n) is 17.5. The van der Waals surface area contributed by atoms with Crippen LogP contribution < -0.4 is 10.6 Å². The fraction of sp³-hybridized carbons (Fsp3) is 0.410. The highest BCUT2D eigenvalue weighted by atomic mass is 19.1. The number of urea groups is 1. The molecule has 3 heterocycles. The SMILES string of the molecule is Cc1ccc(-n2nc(C(C)(C)C)cc2NC(=O)Nc2ccc(CN3CCN(C(=O)c4ccc(CN5CCN(C)CC5)cc4)CC3)cc2F)cc1. The molecule has 0 aliphatic carbocycles. The molecule has 2 fully saturated rings. The lowest BCUT2D eigenvalue weighted by Gasteiger charge is -2.35. The van der Waals surface area contributed by atoms with Crippen molar-refractivity contribution in [2.75, 3.05) is 70.0 Å². The fourth-order valence-corrected chi connectivity index (χ4v) is 6.31. The van der Waals surface area contributed by atoms with E-state index in [1.807, 2.05) is 60.4 Å². The van der Waals surface area contributed by atoms with E-state index in [-0.39, 0.29) is 17.0 Å². The summed E-state index contributed by atoms with van der Waals surface area (Å²) in [5, 5.41) is 10.3. The number of aryl methyl sites for hydroxylation is 1. The van der Waals surface area contributed by atoms with E-state index in [0.29, 0.717) is 44.1 Å². The number of carbonyl (C=O) groups excluding carboxylic acids is 2. The molecule has 0 unspecified atom stereocenters. The minimum atomic E-state index is -0.559. The van der Waals surface area contributed by atoms with Gasteiger partial charge in [-0.2, -0.15) is 5.10 Å². The van der Waals surface area contributed by atoms with Crippen LogP contribution in [0.4, 0.5) is 20.7 Å². The highest BCUT2D eigenvalue weighted by Crippen LogP contribution is 2.27. The third kappa shape index (κ3) is 8.76. The normalized spacial score (nSPS) is 16.4. The number of piperazine rings is 2. The van der Waals surface area contributed by atoms with E-state index in [0.717, 1.165) is 55.2 Å². The molecule has 2 N–H and O–H groups in total. The zero-order chi connectivity index (χ0) is 35.4. The summed E-state index contributed by atoms with van der Waals surface area (Å²) >= 11 is 0. The smallest absolute Gasteiger partial charge is 0.324 e. The van der Waals surface area contributed by atoms with Crippen LogP contribution in [-0.2, 0) is 18.5 Å². The Balaban J connectivity index is 1.00. The lowest BCUT2D eigenvalue weighted by atomic mass is 9.92. The molecule has 10 nitrogen and oxygen atoms in total. The standard InChI is InChI=1S/C39H49FN8O2/c1-28-6-13-32(14-7-28)48-36(25-35(43-48)39(2,3)4)42-38(50)41-34-15-10-30(24-33(34)40)27-46-20-22-47(23-21-46)37(49)31-11-8-29(9-12-31)26-45-18-16-44(5)17-19-45/h6-15,24-25H,16-23,26-27H2,1-5H3,(H2,41,42,50). The molecule has 50 heavy (non-hydrogen) atoms. The van der Waals surface area contributed by atoms with Crippen molar-refractivity contribution in [3.63, 3.8) is 0 Å². The van der Waals surface area contributed by atoms with E-state index in [1.165, 1.54) is 11.6 Å². The second-order valence-electron chi connectivity index (χ2n) is 14.7. The van der Waals surface area contributed by atoms with Crippen LogP contribution in [0.15, 0.2) is 72.8 Å². The molecule has 3 aromatic carbocycles. The zero-order valence-electron chi connectivity index (χ0n) is 29.9. The van der Waals surface area contributed by atoms with Gasteiger partial charge in [0.1, 0.15) is 11.6 Å².